The van der Waals surface area contributed by atoms with Crippen molar-refractivity contribution in [1.29, 1.82) is 0 Å². The van der Waals surface area contributed by atoms with Crippen molar-refractivity contribution >= 4 is 28.8 Å². The van der Waals surface area contributed by atoms with Gasteiger partial charge in [-0.05, 0) is 43.7 Å². The molecule has 0 aromatic carbocycles. The van der Waals surface area contributed by atoms with Gasteiger partial charge in [0.15, 0.2) is 0 Å². The predicted octanol–water partition coefficient (Wildman–Crippen LogP) is 3.08. The molecular weight excluding hydrogens is 254 g/mol. The van der Waals surface area contributed by atoms with Crippen molar-refractivity contribution in [2.75, 3.05) is 12.4 Å². The molecule has 2 nitrogen and oxygen atoms in total. The Hall–Kier alpha value is -0.540. The first-order valence-corrected chi connectivity index (χ1v) is 7.63. The Morgan fingerprint density at radius 2 is 2.35 bits per heavy atom. The molecule has 1 aromatic rings. The average molecular weight is 270 g/mol. The zero-order valence-corrected chi connectivity index (χ0v) is 11.3. The van der Waals surface area contributed by atoms with Crippen LogP contribution in [0.4, 0.5) is 0 Å². The lowest BCUT2D eigenvalue weighted by molar-refractivity contribution is 0.0754. The normalized spacial score (nSPS) is 23.1. The third kappa shape index (κ3) is 2.00. The number of hydrogen-bond donors (Lipinski definition) is 0. The van der Waals surface area contributed by atoms with Crippen LogP contribution in [0.2, 0.25) is 0 Å². The lowest BCUT2D eigenvalue weighted by Crippen LogP contribution is -2.36. The van der Waals surface area contributed by atoms with Crippen LogP contribution in [0.1, 0.15) is 39.4 Å². The van der Waals surface area contributed by atoms with Crippen molar-refractivity contribution in [3.05, 3.63) is 21.4 Å². The number of alkyl halides is 1. The van der Waals surface area contributed by atoms with Crippen molar-refractivity contribution in [2.45, 2.75) is 38.1 Å². The van der Waals surface area contributed by atoms with E-state index in [1.807, 2.05) is 4.90 Å². The summed E-state index contributed by atoms with van der Waals surface area (Å²) >= 11 is 7.61. The number of carbonyl (C=O) groups is 1. The molecule has 4 heteroatoms. The maximum absolute atomic E-state index is 12.4. The number of aryl methyl sites for hydroxylation is 2. The first-order valence-electron chi connectivity index (χ1n) is 6.28. The van der Waals surface area contributed by atoms with Crippen LogP contribution in [0.25, 0.3) is 0 Å². The number of carbonyl (C=O) groups excluding carboxylic acids is 1. The maximum Gasteiger partial charge on any atom is 0.264 e. The van der Waals surface area contributed by atoms with Crippen molar-refractivity contribution in [3.63, 3.8) is 0 Å². The van der Waals surface area contributed by atoms with E-state index >= 15 is 0 Å². The van der Waals surface area contributed by atoms with Crippen LogP contribution < -0.4 is 0 Å². The van der Waals surface area contributed by atoms with E-state index < -0.39 is 0 Å². The van der Waals surface area contributed by atoms with E-state index in [9.17, 15) is 4.79 Å². The fraction of sp³-hybridized carbons (Fsp3) is 0.615. The number of nitrogens with zero attached hydrogens (tertiary/aromatic N) is 1. The molecule has 0 radical (unpaired) electrons. The molecule has 0 N–H and O–H groups in total. The Kier molecular flexibility index (Phi) is 3.14. The molecule has 92 valence electrons. The highest BCUT2D eigenvalue weighted by molar-refractivity contribution is 7.14. The van der Waals surface area contributed by atoms with Gasteiger partial charge in [0.2, 0.25) is 0 Å². The molecule has 1 unspecified atom stereocenters. The highest BCUT2D eigenvalue weighted by Gasteiger charge is 2.30. The second-order valence-corrected chi connectivity index (χ2v) is 6.31. The van der Waals surface area contributed by atoms with Crippen LogP contribution >= 0.6 is 22.9 Å². The molecule has 0 spiro atoms. The summed E-state index contributed by atoms with van der Waals surface area (Å²) < 4.78 is 0. The van der Waals surface area contributed by atoms with Gasteiger partial charge in [-0.3, -0.25) is 4.79 Å². The minimum absolute atomic E-state index is 0.201. The topological polar surface area (TPSA) is 20.3 Å². The first kappa shape index (κ1) is 11.5. The molecule has 3 rings (SSSR count). The van der Waals surface area contributed by atoms with Crippen molar-refractivity contribution < 1.29 is 4.79 Å². The number of halogens is 1. The van der Waals surface area contributed by atoms with Gasteiger partial charge in [0.25, 0.3) is 5.91 Å². The molecule has 1 saturated heterocycles. The number of fused-ring (bicyclic) bond motifs is 1. The van der Waals surface area contributed by atoms with Gasteiger partial charge in [-0.15, -0.1) is 22.9 Å². The molecule has 2 heterocycles. The Morgan fingerprint density at radius 3 is 3.12 bits per heavy atom. The highest BCUT2D eigenvalue weighted by Crippen LogP contribution is 2.32. The van der Waals surface area contributed by atoms with Gasteiger partial charge < -0.3 is 4.90 Å². The molecular formula is C13H16ClNOS. The minimum Gasteiger partial charge on any atom is -0.334 e. The summed E-state index contributed by atoms with van der Waals surface area (Å²) in [4.78, 5) is 16.7. The van der Waals surface area contributed by atoms with E-state index in [4.69, 9.17) is 11.6 Å². The molecule has 17 heavy (non-hydrogen) atoms. The Balaban J connectivity index is 1.81. The fourth-order valence-electron chi connectivity index (χ4n) is 2.84. The van der Waals surface area contributed by atoms with Gasteiger partial charge in [-0.1, -0.05) is 0 Å². The summed E-state index contributed by atoms with van der Waals surface area (Å²) in [6, 6.07) is 2.36. The third-order valence-electron chi connectivity index (χ3n) is 3.77. The predicted molar refractivity (Wildman–Crippen MR) is 71.1 cm³/mol. The number of amides is 1. The Labute approximate surface area is 111 Å². The minimum atomic E-state index is 0.201. The Morgan fingerprint density at radius 1 is 1.47 bits per heavy atom. The van der Waals surface area contributed by atoms with Gasteiger partial charge in [0, 0.05) is 23.3 Å². The highest BCUT2D eigenvalue weighted by atomic mass is 35.5. The second kappa shape index (κ2) is 4.62. The van der Waals surface area contributed by atoms with E-state index in [0.717, 1.165) is 37.1 Å². The zero-order valence-electron chi connectivity index (χ0n) is 9.75. The standard InChI is InChI=1S/C13H16ClNOS/c14-8-10-4-2-6-15(10)13(16)12-7-9-3-1-5-11(9)17-12/h7,10H,1-6,8H2. The quantitative estimate of drug-likeness (QED) is 0.756. The van der Waals surface area contributed by atoms with Gasteiger partial charge >= 0.3 is 0 Å². The maximum atomic E-state index is 12.4. The summed E-state index contributed by atoms with van der Waals surface area (Å²) in [5, 5.41) is 0. The molecule has 0 saturated carbocycles. The second-order valence-electron chi connectivity index (χ2n) is 4.86. The third-order valence-corrected chi connectivity index (χ3v) is 5.35. The Bertz CT molecular complexity index is 421. The molecule has 1 aliphatic heterocycles. The summed E-state index contributed by atoms with van der Waals surface area (Å²) in [5.41, 5.74) is 1.40. The SMILES string of the molecule is O=C(c1cc2c(s1)CCC2)N1CCCC1CCl. The number of likely N-dealkylation sites (tertiary alicyclic amines) is 1. The molecule has 0 bridgehead atoms. The van der Waals surface area contributed by atoms with E-state index in [0.29, 0.717) is 5.88 Å². The van der Waals surface area contributed by atoms with Crippen molar-refractivity contribution in [3.8, 4) is 0 Å². The monoisotopic (exact) mass is 269 g/mol. The average Bonchev–Trinajstić information content (AvgIpc) is 3.02. The van der Waals surface area contributed by atoms with Crippen LogP contribution in [0, 0.1) is 0 Å². The summed E-state index contributed by atoms with van der Waals surface area (Å²) in [6.07, 6.45) is 5.71. The van der Waals surface area contributed by atoms with Crippen LogP contribution in [-0.2, 0) is 12.8 Å². The zero-order chi connectivity index (χ0) is 11.8. The van der Waals surface area contributed by atoms with E-state index in [2.05, 4.69) is 6.07 Å². The van der Waals surface area contributed by atoms with Crippen LogP contribution in [0.15, 0.2) is 6.07 Å². The van der Waals surface area contributed by atoms with Crippen LogP contribution in [-0.4, -0.2) is 29.3 Å². The smallest absolute Gasteiger partial charge is 0.264 e. The largest absolute Gasteiger partial charge is 0.334 e. The molecule has 1 aliphatic carbocycles. The van der Waals surface area contributed by atoms with Gasteiger partial charge in [-0.2, -0.15) is 0 Å². The number of hydrogen-bond acceptors (Lipinski definition) is 2. The molecule has 2 aliphatic rings. The summed E-state index contributed by atoms with van der Waals surface area (Å²) in [7, 11) is 0. The summed E-state index contributed by atoms with van der Waals surface area (Å²) in [6.45, 7) is 0.874. The molecule has 1 atom stereocenters. The van der Waals surface area contributed by atoms with Crippen LogP contribution in [0.3, 0.4) is 0 Å². The lowest BCUT2D eigenvalue weighted by atomic mass is 10.2. The van der Waals surface area contributed by atoms with Gasteiger partial charge in [0.1, 0.15) is 0 Å². The summed E-state index contributed by atoms with van der Waals surface area (Å²) in [5.74, 6) is 0.768. The molecule has 1 fully saturated rings. The number of thiophene rings is 1. The van der Waals surface area contributed by atoms with Crippen molar-refractivity contribution in [1.82, 2.24) is 4.90 Å². The van der Waals surface area contributed by atoms with Gasteiger partial charge in [0.05, 0.1) is 4.88 Å². The molecule has 1 aromatic heterocycles. The van der Waals surface area contributed by atoms with Gasteiger partial charge in [-0.25, -0.2) is 0 Å². The van der Waals surface area contributed by atoms with E-state index in [-0.39, 0.29) is 11.9 Å². The fourth-order valence-corrected chi connectivity index (χ4v) is 4.37. The van der Waals surface area contributed by atoms with E-state index in [1.165, 1.54) is 16.9 Å². The molecule has 1 amide bonds. The number of rotatable bonds is 2. The first-order chi connectivity index (χ1) is 8.29. The van der Waals surface area contributed by atoms with E-state index in [1.54, 1.807) is 11.3 Å². The van der Waals surface area contributed by atoms with Crippen molar-refractivity contribution in [2.24, 2.45) is 0 Å². The lowest BCUT2D eigenvalue weighted by Gasteiger charge is -2.22. The van der Waals surface area contributed by atoms with Crippen LogP contribution in [0.5, 0.6) is 0 Å².